The minimum absolute atomic E-state index is 0.0760. The molecule has 1 heterocycles. The Balaban J connectivity index is 2.63. The fraction of sp³-hybridized carbons (Fsp3) is 0.500. The topological polar surface area (TPSA) is 27.1 Å². The van der Waals surface area contributed by atoms with Crippen molar-refractivity contribution in [1.29, 1.82) is 0 Å². The molecule has 0 saturated carbocycles. The number of hydrogen-bond donors (Lipinski definition) is 0. The van der Waals surface area contributed by atoms with Crippen molar-refractivity contribution in [2.24, 2.45) is 0 Å². The molecule has 1 aromatic carbocycles. The molecule has 21 heavy (non-hydrogen) atoms. The van der Waals surface area contributed by atoms with Crippen LogP contribution in [0.25, 0.3) is 11.0 Å². The number of aromatic nitrogens is 2. The van der Waals surface area contributed by atoms with E-state index in [2.05, 4.69) is 4.98 Å². The summed E-state index contributed by atoms with van der Waals surface area (Å²) < 4.78 is 45.3. The highest BCUT2D eigenvalue weighted by atomic mass is 35.5. The Labute approximate surface area is 125 Å². The Hall–Kier alpha value is -1.27. The van der Waals surface area contributed by atoms with E-state index in [0.29, 0.717) is 17.9 Å². The monoisotopic (exact) mass is 320 g/mol. The van der Waals surface area contributed by atoms with Crippen LogP contribution < -0.4 is 0 Å². The van der Waals surface area contributed by atoms with Crippen LogP contribution in [0.4, 0.5) is 13.2 Å². The van der Waals surface area contributed by atoms with Gasteiger partial charge in [-0.1, -0.05) is 0 Å². The Morgan fingerprint density at radius 1 is 1.33 bits per heavy atom. The van der Waals surface area contributed by atoms with Gasteiger partial charge < -0.3 is 9.30 Å². The molecule has 2 rings (SSSR count). The van der Waals surface area contributed by atoms with E-state index in [1.54, 1.807) is 14.0 Å². The molecule has 0 saturated heterocycles. The summed E-state index contributed by atoms with van der Waals surface area (Å²) in [5.74, 6) is 0.538. The zero-order chi connectivity index (χ0) is 15.8. The smallest absolute Gasteiger partial charge is 0.383 e. The molecule has 0 fully saturated rings. The summed E-state index contributed by atoms with van der Waals surface area (Å²) in [6.45, 7) is 4.07. The van der Waals surface area contributed by atoms with Gasteiger partial charge in [0.15, 0.2) is 0 Å². The van der Waals surface area contributed by atoms with Crippen molar-refractivity contribution in [1.82, 2.24) is 9.55 Å². The minimum Gasteiger partial charge on any atom is -0.383 e. The van der Waals surface area contributed by atoms with Crippen molar-refractivity contribution in [2.45, 2.75) is 31.4 Å². The van der Waals surface area contributed by atoms with Crippen LogP contribution in [0.3, 0.4) is 0 Å². The van der Waals surface area contributed by atoms with Gasteiger partial charge >= 0.3 is 6.18 Å². The maximum Gasteiger partial charge on any atom is 0.416 e. The molecule has 2 aromatic rings. The lowest BCUT2D eigenvalue weighted by Crippen LogP contribution is -2.14. The second-order valence-corrected chi connectivity index (χ2v) is 5.62. The van der Waals surface area contributed by atoms with Gasteiger partial charge in [0, 0.05) is 7.11 Å². The Bertz CT molecular complexity index is 637. The molecule has 7 heteroatoms. The fourth-order valence-electron chi connectivity index (χ4n) is 2.35. The fourth-order valence-corrected chi connectivity index (χ4v) is 2.51. The van der Waals surface area contributed by atoms with E-state index >= 15 is 0 Å². The normalized spacial score (nSPS) is 15.4. The van der Waals surface area contributed by atoms with Gasteiger partial charge in [0.05, 0.1) is 34.6 Å². The molecule has 1 aromatic heterocycles. The quantitative estimate of drug-likeness (QED) is 0.772. The van der Waals surface area contributed by atoms with Crippen molar-refractivity contribution in [3.63, 3.8) is 0 Å². The molecular weight excluding hydrogens is 305 g/mol. The maximum absolute atomic E-state index is 12.8. The predicted octanol–water partition coefficient (Wildman–Crippen LogP) is 4.56. The van der Waals surface area contributed by atoms with Crippen LogP contribution in [0.5, 0.6) is 0 Å². The lowest BCUT2D eigenvalue weighted by Gasteiger charge is -2.18. The van der Waals surface area contributed by atoms with Crippen LogP contribution >= 0.6 is 11.6 Å². The van der Waals surface area contributed by atoms with Crippen molar-refractivity contribution in [3.8, 4) is 0 Å². The molecule has 0 aliphatic rings. The number of halogens is 4. The third-order valence-electron chi connectivity index (χ3n) is 3.25. The average Bonchev–Trinajstić information content (AvgIpc) is 2.76. The summed E-state index contributed by atoms with van der Waals surface area (Å²) in [6.07, 6.45) is -4.39. The third kappa shape index (κ3) is 3.16. The van der Waals surface area contributed by atoms with Crippen LogP contribution in [0, 0.1) is 0 Å². The van der Waals surface area contributed by atoms with Crippen LogP contribution in [0.2, 0.25) is 0 Å². The molecule has 0 bridgehead atoms. The van der Waals surface area contributed by atoms with Crippen LogP contribution in [0.1, 0.15) is 36.7 Å². The van der Waals surface area contributed by atoms with Gasteiger partial charge in [0.2, 0.25) is 0 Å². The second kappa shape index (κ2) is 5.85. The number of methoxy groups -OCH3 is 1. The van der Waals surface area contributed by atoms with Gasteiger partial charge in [-0.3, -0.25) is 0 Å². The number of alkyl halides is 4. The molecule has 0 amide bonds. The average molecular weight is 321 g/mol. The SMILES string of the molecule is COCC(C)n1c(C(C)Cl)nc2cc(C(F)(F)F)ccc21. The highest BCUT2D eigenvalue weighted by Gasteiger charge is 2.31. The van der Waals surface area contributed by atoms with Crippen molar-refractivity contribution >= 4 is 22.6 Å². The highest BCUT2D eigenvalue weighted by Crippen LogP contribution is 2.34. The summed E-state index contributed by atoms with van der Waals surface area (Å²) in [6, 6.07) is 3.46. The molecule has 3 nitrogen and oxygen atoms in total. The molecule has 0 aliphatic heterocycles. The van der Waals surface area contributed by atoms with E-state index in [-0.39, 0.29) is 11.6 Å². The van der Waals surface area contributed by atoms with E-state index in [1.165, 1.54) is 6.07 Å². The second-order valence-electron chi connectivity index (χ2n) is 4.96. The number of nitrogens with zero attached hydrogens (tertiary/aromatic N) is 2. The summed E-state index contributed by atoms with van der Waals surface area (Å²) in [7, 11) is 1.57. The number of imidazole rings is 1. The Morgan fingerprint density at radius 2 is 2.00 bits per heavy atom. The van der Waals surface area contributed by atoms with Crippen LogP contribution in [-0.2, 0) is 10.9 Å². The summed E-state index contributed by atoms with van der Waals surface area (Å²) in [5, 5.41) is -0.411. The summed E-state index contributed by atoms with van der Waals surface area (Å²) in [5.41, 5.74) is 0.193. The molecule has 0 radical (unpaired) electrons. The van der Waals surface area contributed by atoms with Gasteiger partial charge in [-0.05, 0) is 32.0 Å². The van der Waals surface area contributed by atoms with Crippen molar-refractivity contribution in [2.75, 3.05) is 13.7 Å². The van der Waals surface area contributed by atoms with Gasteiger partial charge in [0.1, 0.15) is 5.82 Å². The number of hydrogen-bond acceptors (Lipinski definition) is 2. The molecule has 116 valence electrons. The molecule has 0 aliphatic carbocycles. The van der Waals surface area contributed by atoms with Crippen LogP contribution in [0.15, 0.2) is 18.2 Å². The number of benzene rings is 1. The van der Waals surface area contributed by atoms with Gasteiger partial charge in [-0.15, -0.1) is 11.6 Å². The predicted molar refractivity (Wildman–Crippen MR) is 75.6 cm³/mol. The lowest BCUT2D eigenvalue weighted by molar-refractivity contribution is -0.137. The Morgan fingerprint density at radius 3 is 2.52 bits per heavy atom. The first-order chi connectivity index (χ1) is 9.75. The molecule has 2 unspecified atom stereocenters. The first-order valence-electron chi connectivity index (χ1n) is 6.47. The number of fused-ring (bicyclic) bond motifs is 1. The zero-order valence-electron chi connectivity index (χ0n) is 11.9. The standard InChI is InChI=1S/C14H16ClF3N2O/c1-8(7-21-3)20-12-5-4-10(14(16,17)18)6-11(12)19-13(20)9(2)15/h4-6,8-9H,7H2,1-3H3. The maximum atomic E-state index is 12.8. The van der Waals surface area contributed by atoms with E-state index in [9.17, 15) is 13.2 Å². The van der Waals surface area contributed by atoms with E-state index in [0.717, 1.165) is 12.1 Å². The van der Waals surface area contributed by atoms with Crippen LogP contribution in [-0.4, -0.2) is 23.3 Å². The van der Waals surface area contributed by atoms with Crippen molar-refractivity contribution < 1.29 is 17.9 Å². The molecule has 0 spiro atoms. The van der Waals surface area contributed by atoms with E-state index < -0.39 is 17.1 Å². The number of rotatable bonds is 4. The van der Waals surface area contributed by atoms with Crippen molar-refractivity contribution in [3.05, 3.63) is 29.6 Å². The minimum atomic E-state index is -4.39. The van der Waals surface area contributed by atoms with Gasteiger partial charge in [-0.2, -0.15) is 13.2 Å². The largest absolute Gasteiger partial charge is 0.416 e. The lowest BCUT2D eigenvalue weighted by atomic mass is 10.2. The molecule has 2 atom stereocenters. The van der Waals surface area contributed by atoms with E-state index in [4.69, 9.17) is 16.3 Å². The third-order valence-corrected chi connectivity index (χ3v) is 3.44. The first kappa shape index (κ1) is 16.1. The number of ether oxygens (including phenoxy) is 1. The van der Waals surface area contributed by atoms with Gasteiger partial charge in [-0.25, -0.2) is 4.98 Å². The van der Waals surface area contributed by atoms with E-state index in [1.807, 2.05) is 11.5 Å². The van der Waals surface area contributed by atoms with Gasteiger partial charge in [0.25, 0.3) is 0 Å². The first-order valence-corrected chi connectivity index (χ1v) is 6.91. The summed E-state index contributed by atoms with van der Waals surface area (Å²) in [4.78, 5) is 4.27. The highest BCUT2D eigenvalue weighted by molar-refractivity contribution is 6.20. The molecule has 0 N–H and O–H groups in total. The molecular formula is C14H16ClF3N2O. The zero-order valence-corrected chi connectivity index (χ0v) is 12.7. The Kier molecular flexibility index (Phi) is 4.49. The summed E-state index contributed by atoms with van der Waals surface area (Å²) >= 11 is 6.11.